The number of likely N-dealkylation sites (tertiary alicyclic amines) is 1. The summed E-state index contributed by atoms with van der Waals surface area (Å²) in [6.07, 6.45) is 3.66. The first-order valence-corrected chi connectivity index (χ1v) is 11.0. The van der Waals surface area contributed by atoms with E-state index in [9.17, 15) is 14.3 Å². The van der Waals surface area contributed by atoms with Gasteiger partial charge in [-0.15, -0.1) is 5.10 Å². The first-order valence-electron chi connectivity index (χ1n) is 11.0. The van der Waals surface area contributed by atoms with Crippen molar-refractivity contribution in [1.82, 2.24) is 25.1 Å². The molecule has 1 N–H and O–H groups in total. The van der Waals surface area contributed by atoms with Crippen LogP contribution in [-0.2, 0) is 11.2 Å². The standard InChI is InChI=1S/C24H23FN6O2/c25-22-6-3-17(12-18(22)14-26)20-13-21(20)24(33)7-9-30(10-8-24)23(32)11-16-1-4-19(5-2-16)31-15-27-28-29-31/h1-6,12,15,20-21,33H,7-11,13H2. The average Bonchev–Trinajstić information content (AvgIpc) is 3.46. The van der Waals surface area contributed by atoms with Gasteiger partial charge in [0, 0.05) is 13.1 Å². The second-order valence-electron chi connectivity index (χ2n) is 8.88. The summed E-state index contributed by atoms with van der Waals surface area (Å²) < 4.78 is 15.2. The zero-order chi connectivity index (χ0) is 23.0. The van der Waals surface area contributed by atoms with Crippen LogP contribution in [0.5, 0.6) is 0 Å². The van der Waals surface area contributed by atoms with E-state index in [-0.39, 0.29) is 23.3 Å². The molecule has 2 aromatic carbocycles. The van der Waals surface area contributed by atoms with Crippen LogP contribution in [0.4, 0.5) is 4.39 Å². The van der Waals surface area contributed by atoms with Crippen LogP contribution in [0.25, 0.3) is 5.69 Å². The highest BCUT2D eigenvalue weighted by Crippen LogP contribution is 2.56. The molecule has 8 nitrogen and oxygen atoms in total. The van der Waals surface area contributed by atoms with Gasteiger partial charge in [0.2, 0.25) is 5.91 Å². The molecular formula is C24H23FN6O2. The van der Waals surface area contributed by atoms with Gasteiger partial charge in [-0.2, -0.15) is 5.26 Å². The molecule has 33 heavy (non-hydrogen) atoms. The molecule has 1 aromatic heterocycles. The van der Waals surface area contributed by atoms with E-state index in [0.29, 0.717) is 32.4 Å². The number of aliphatic hydroxyl groups is 1. The van der Waals surface area contributed by atoms with Gasteiger partial charge in [0.1, 0.15) is 18.2 Å². The van der Waals surface area contributed by atoms with Crippen LogP contribution in [0.15, 0.2) is 48.8 Å². The molecule has 168 valence electrons. The van der Waals surface area contributed by atoms with Gasteiger partial charge in [0.25, 0.3) is 0 Å². The zero-order valence-corrected chi connectivity index (χ0v) is 17.9. The number of carbonyl (C=O) groups is 1. The fourth-order valence-corrected chi connectivity index (χ4v) is 4.86. The third-order valence-electron chi connectivity index (χ3n) is 6.91. The van der Waals surface area contributed by atoms with Gasteiger partial charge >= 0.3 is 0 Å². The normalized spacial score (nSPS) is 21.4. The molecule has 0 bridgehead atoms. The van der Waals surface area contributed by atoms with E-state index in [2.05, 4.69) is 15.5 Å². The molecule has 1 saturated carbocycles. The van der Waals surface area contributed by atoms with Crippen LogP contribution >= 0.6 is 0 Å². The lowest BCUT2D eigenvalue weighted by Gasteiger charge is -2.39. The molecule has 2 fully saturated rings. The molecule has 3 aromatic rings. The molecule has 2 heterocycles. The Morgan fingerprint density at radius 2 is 1.97 bits per heavy atom. The SMILES string of the molecule is N#Cc1cc(C2CC2C2(O)CCN(C(=O)Cc3ccc(-n4cnnn4)cc3)CC2)ccc1F. The lowest BCUT2D eigenvalue weighted by molar-refractivity contribution is -0.135. The molecule has 1 saturated heterocycles. The Bertz CT molecular complexity index is 1200. The fourth-order valence-electron chi connectivity index (χ4n) is 4.86. The molecule has 2 atom stereocenters. The maximum Gasteiger partial charge on any atom is 0.226 e. The largest absolute Gasteiger partial charge is 0.389 e. The quantitative estimate of drug-likeness (QED) is 0.645. The second kappa shape index (κ2) is 8.37. The maximum absolute atomic E-state index is 13.6. The molecule has 2 unspecified atom stereocenters. The minimum atomic E-state index is -0.837. The summed E-state index contributed by atoms with van der Waals surface area (Å²) in [5.41, 5.74) is 1.83. The first-order chi connectivity index (χ1) is 16.0. The van der Waals surface area contributed by atoms with Gasteiger partial charge < -0.3 is 10.0 Å². The number of nitriles is 1. The zero-order valence-electron chi connectivity index (χ0n) is 17.9. The second-order valence-corrected chi connectivity index (χ2v) is 8.88. The summed E-state index contributed by atoms with van der Waals surface area (Å²) in [6.45, 7) is 1.02. The maximum atomic E-state index is 13.6. The number of hydrogen-bond acceptors (Lipinski definition) is 6. The average molecular weight is 446 g/mol. The van der Waals surface area contributed by atoms with E-state index in [1.807, 2.05) is 35.2 Å². The number of rotatable bonds is 5. The smallest absolute Gasteiger partial charge is 0.226 e. The van der Waals surface area contributed by atoms with Crippen molar-refractivity contribution in [3.05, 3.63) is 71.3 Å². The lowest BCUT2D eigenvalue weighted by Crippen LogP contribution is -2.48. The van der Waals surface area contributed by atoms with Crippen molar-refractivity contribution in [3.8, 4) is 11.8 Å². The van der Waals surface area contributed by atoms with Crippen molar-refractivity contribution < 1.29 is 14.3 Å². The van der Waals surface area contributed by atoms with E-state index in [0.717, 1.165) is 23.2 Å². The van der Waals surface area contributed by atoms with Crippen LogP contribution in [0.2, 0.25) is 0 Å². The van der Waals surface area contributed by atoms with E-state index < -0.39 is 11.4 Å². The third-order valence-corrected chi connectivity index (χ3v) is 6.91. The van der Waals surface area contributed by atoms with Crippen LogP contribution < -0.4 is 0 Å². The van der Waals surface area contributed by atoms with Crippen LogP contribution in [0.3, 0.4) is 0 Å². The van der Waals surface area contributed by atoms with Gasteiger partial charge in [-0.05, 0) is 76.9 Å². The number of aromatic nitrogens is 4. The number of piperidine rings is 1. The van der Waals surface area contributed by atoms with Gasteiger partial charge in [0.05, 0.1) is 23.3 Å². The number of benzene rings is 2. The van der Waals surface area contributed by atoms with Crippen molar-refractivity contribution in [2.75, 3.05) is 13.1 Å². The van der Waals surface area contributed by atoms with E-state index >= 15 is 0 Å². The molecule has 9 heteroatoms. The Kier molecular flexibility index (Phi) is 5.38. The summed E-state index contributed by atoms with van der Waals surface area (Å²) in [4.78, 5) is 14.6. The van der Waals surface area contributed by atoms with Crippen molar-refractivity contribution in [3.63, 3.8) is 0 Å². The molecule has 1 aliphatic heterocycles. The summed E-state index contributed by atoms with van der Waals surface area (Å²) >= 11 is 0. The number of halogens is 1. The van der Waals surface area contributed by atoms with E-state index in [4.69, 9.17) is 5.26 Å². The number of hydrogen-bond donors (Lipinski definition) is 1. The van der Waals surface area contributed by atoms with Crippen molar-refractivity contribution in [2.45, 2.75) is 37.2 Å². The molecule has 2 aliphatic rings. The Morgan fingerprint density at radius 3 is 2.64 bits per heavy atom. The van der Waals surface area contributed by atoms with Crippen molar-refractivity contribution in [1.29, 1.82) is 5.26 Å². The predicted molar refractivity (Wildman–Crippen MR) is 116 cm³/mol. The van der Waals surface area contributed by atoms with Crippen molar-refractivity contribution in [2.24, 2.45) is 5.92 Å². The third kappa shape index (κ3) is 4.22. The Morgan fingerprint density at radius 1 is 1.21 bits per heavy atom. The fraction of sp³-hybridized carbons (Fsp3) is 0.375. The lowest BCUT2D eigenvalue weighted by atomic mass is 9.84. The highest BCUT2D eigenvalue weighted by Gasteiger charge is 2.53. The molecule has 0 spiro atoms. The minimum Gasteiger partial charge on any atom is -0.389 e. The molecule has 1 aliphatic carbocycles. The Hall–Kier alpha value is -3.64. The topological polar surface area (TPSA) is 108 Å². The number of nitrogens with zero attached hydrogens (tertiary/aromatic N) is 6. The Labute approximate surface area is 190 Å². The predicted octanol–water partition coefficient (Wildman–Crippen LogP) is 2.37. The van der Waals surface area contributed by atoms with E-state index in [1.165, 1.54) is 12.4 Å². The van der Waals surface area contributed by atoms with Crippen LogP contribution in [0.1, 0.15) is 41.9 Å². The van der Waals surface area contributed by atoms with Crippen LogP contribution in [-0.4, -0.2) is 54.8 Å². The van der Waals surface area contributed by atoms with Gasteiger partial charge in [-0.1, -0.05) is 18.2 Å². The van der Waals surface area contributed by atoms with Crippen LogP contribution in [0, 0.1) is 23.1 Å². The summed E-state index contributed by atoms with van der Waals surface area (Å²) in [5.74, 6) is -0.278. The highest BCUT2D eigenvalue weighted by molar-refractivity contribution is 5.79. The number of carbonyl (C=O) groups excluding carboxylic acids is 1. The first kappa shape index (κ1) is 21.2. The van der Waals surface area contributed by atoms with Gasteiger partial charge in [-0.25, -0.2) is 9.07 Å². The monoisotopic (exact) mass is 446 g/mol. The minimum absolute atomic E-state index is 0.0385. The summed E-state index contributed by atoms with van der Waals surface area (Å²) in [5, 5.41) is 31.4. The molecular weight excluding hydrogens is 423 g/mol. The number of amides is 1. The van der Waals surface area contributed by atoms with E-state index in [1.54, 1.807) is 16.8 Å². The summed E-state index contributed by atoms with van der Waals surface area (Å²) in [6, 6.07) is 14.0. The van der Waals surface area contributed by atoms with Crippen molar-refractivity contribution >= 4 is 5.91 Å². The molecule has 0 radical (unpaired) electrons. The van der Waals surface area contributed by atoms with Gasteiger partial charge in [0.15, 0.2) is 0 Å². The molecule has 1 amide bonds. The highest BCUT2D eigenvalue weighted by atomic mass is 19.1. The summed E-state index contributed by atoms with van der Waals surface area (Å²) in [7, 11) is 0. The number of tetrazole rings is 1. The molecule has 5 rings (SSSR count). The Balaban J connectivity index is 1.16. The van der Waals surface area contributed by atoms with Gasteiger partial charge in [-0.3, -0.25) is 4.79 Å².